The van der Waals surface area contributed by atoms with Crippen LogP contribution in [0, 0.1) is 25.2 Å². The normalized spacial score (nSPS) is 15.6. The van der Waals surface area contributed by atoms with Gasteiger partial charge in [0.1, 0.15) is 11.1 Å². The van der Waals surface area contributed by atoms with Crippen molar-refractivity contribution in [2.75, 3.05) is 25.0 Å². The molecule has 0 radical (unpaired) electrons. The van der Waals surface area contributed by atoms with Gasteiger partial charge in [-0.15, -0.1) is 11.3 Å². The summed E-state index contributed by atoms with van der Waals surface area (Å²) in [7, 11) is 0. The second-order valence-electron chi connectivity index (χ2n) is 5.18. The van der Waals surface area contributed by atoms with Gasteiger partial charge in [-0.3, -0.25) is 9.69 Å². The number of nitriles is 1. The van der Waals surface area contributed by atoms with E-state index < -0.39 is 0 Å². The Labute approximate surface area is 123 Å². The third kappa shape index (κ3) is 3.27. The monoisotopic (exact) mass is 289 g/mol. The van der Waals surface area contributed by atoms with E-state index in [0.29, 0.717) is 17.1 Å². The SMILES string of the molecule is CC1=CCN(CC(=O)Nc2sc(C)c(C)c2C#N)CC1. The minimum atomic E-state index is -0.0456. The van der Waals surface area contributed by atoms with Crippen LogP contribution in [0.4, 0.5) is 5.00 Å². The molecule has 5 heteroatoms. The van der Waals surface area contributed by atoms with Crippen LogP contribution in [0.5, 0.6) is 0 Å². The number of anilines is 1. The Kier molecular flexibility index (Phi) is 4.58. The minimum Gasteiger partial charge on any atom is -0.315 e. The first-order chi connectivity index (χ1) is 9.51. The molecule has 1 amide bonds. The first-order valence-corrected chi connectivity index (χ1v) is 7.51. The van der Waals surface area contributed by atoms with Gasteiger partial charge < -0.3 is 5.32 Å². The predicted molar refractivity (Wildman–Crippen MR) is 82.0 cm³/mol. The van der Waals surface area contributed by atoms with Gasteiger partial charge >= 0.3 is 0 Å². The first-order valence-electron chi connectivity index (χ1n) is 6.69. The molecular weight excluding hydrogens is 270 g/mol. The summed E-state index contributed by atoms with van der Waals surface area (Å²) in [6.07, 6.45) is 3.19. The Morgan fingerprint density at radius 1 is 1.50 bits per heavy atom. The number of carbonyl (C=O) groups excluding carboxylic acids is 1. The molecule has 1 aliphatic heterocycles. The molecule has 0 bridgehead atoms. The zero-order chi connectivity index (χ0) is 14.7. The lowest BCUT2D eigenvalue weighted by Crippen LogP contribution is -2.36. The minimum absolute atomic E-state index is 0.0456. The Morgan fingerprint density at radius 2 is 2.25 bits per heavy atom. The van der Waals surface area contributed by atoms with Gasteiger partial charge in [-0.1, -0.05) is 11.6 Å². The summed E-state index contributed by atoms with van der Waals surface area (Å²) in [5, 5.41) is 12.7. The highest BCUT2D eigenvalue weighted by Crippen LogP contribution is 2.31. The predicted octanol–water partition coefficient (Wildman–Crippen LogP) is 2.83. The van der Waals surface area contributed by atoms with Gasteiger partial charge in [-0.2, -0.15) is 5.26 Å². The number of nitrogens with zero attached hydrogens (tertiary/aromatic N) is 2. The number of rotatable bonds is 3. The van der Waals surface area contributed by atoms with E-state index in [0.717, 1.165) is 30.0 Å². The molecule has 1 aromatic rings. The third-order valence-electron chi connectivity index (χ3n) is 3.64. The van der Waals surface area contributed by atoms with Gasteiger partial charge in [0, 0.05) is 18.0 Å². The summed E-state index contributed by atoms with van der Waals surface area (Å²) in [6, 6.07) is 2.17. The van der Waals surface area contributed by atoms with Gasteiger partial charge in [0.05, 0.1) is 12.1 Å². The van der Waals surface area contributed by atoms with Crippen molar-refractivity contribution >= 4 is 22.2 Å². The lowest BCUT2D eigenvalue weighted by molar-refractivity contribution is -0.117. The lowest BCUT2D eigenvalue weighted by atomic mass is 10.1. The molecule has 2 heterocycles. The topological polar surface area (TPSA) is 56.1 Å². The standard InChI is InChI=1S/C15H19N3OS/c1-10-4-6-18(7-5-10)9-14(19)17-15-13(8-16)11(2)12(3)20-15/h4H,5-7,9H2,1-3H3,(H,17,19). The van der Waals surface area contributed by atoms with E-state index in [9.17, 15) is 4.79 Å². The highest BCUT2D eigenvalue weighted by Gasteiger charge is 2.17. The van der Waals surface area contributed by atoms with E-state index >= 15 is 0 Å². The number of nitrogens with one attached hydrogen (secondary N) is 1. The number of aryl methyl sites for hydroxylation is 1. The molecule has 0 aromatic carbocycles. The maximum absolute atomic E-state index is 12.1. The average Bonchev–Trinajstić information content (AvgIpc) is 2.67. The molecule has 0 unspecified atom stereocenters. The number of thiophene rings is 1. The van der Waals surface area contributed by atoms with E-state index in [-0.39, 0.29) is 5.91 Å². The number of hydrogen-bond acceptors (Lipinski definition) is 4. The molecule has 0 atom stereocenters. The van der Waals surface area contributed by atoms with Crippen molar-refractivity contribution in [1.82, 2.24) is 4.90 Å². The summed E-state index contributed by atoms with van der Waals surface area (Å²) in [4.78, 5) is 15.3. The van der Waals surface area contributed by atoms with Gasteiger partial charge in [0.2, 0.25) is 5.91 Å². The molecule has 1 aromatic heterocycles. The zero-order valence-electron chi connectivity index (χ0n) is 12.1. The van der Waals surface area contributed by atoms with Gasteiger partial charge in [0.25, 0.3) is 0 Å². The van der Waals surface area contributed by atoms with Crippen LogP contribution in [0.15, 0.2) is 11.6 Å². The summed E-state index contributed by atoms with van der Waals surface area (Å²) in [6.45, 7) is 8.13. The first kappa shape index (κ1) is 14.8. The summed E-state index contributed by atoms with van der Waals surface area (Å²) in [5.41, 5.74) is 2.94. The molecule has 0 aliphatic carbocycles. The maximum atomic E-state index is 12.1. The molecule has 1 aliphatic rings. The number of hydrogen-bond donors (Lipinski definition) is 1. The molecular formula is C15H19N3OS. The van der Waals surface area contributed by atoms with Crippen molar-refractivity contribution < 1.29 is 4.79 Å². The highest BCUT2D eigenvalue weighted by atomic mass is 32.1. The molecule has 1 N–H and O–H groups in total. The van der Waals surface area contributed by atoms with Crippen molar-refractivity contribution in [1.29, 1.82) is 5.26 Å². The van der Waals surface area contributed by atoms with E-state index in [1.54, 1.807) is 0 Å². The molecule has 0 spiro atoms. The molecule has 4 nitrogen and oxygen atoms in total. The fourth-order valence-corrected chi connectivity index (χ4v) is 3.20. The van der Waals surface area contributed by atoms with Crippen LogP contribution in [0.3, 0.4) is 0 Å². The van der Waals surface area contributed by atoms with Crippen LogP contribution in [-0.4, -0.2) is 30.4 Å². The smallest absolute Gasteiger partial charge is 0.239 e. The Bertz CT molecular complexity index is 595. The van der Waals surface area contributed by atoms with Crippen molar-refractivity contribution in [2.45, 2.75) is 27.2 Å². The molecule has 20 heavy (non-hydrogen) atoms. The van der Waals surface area contributed by atoms with Gasteiger partial charge in [-0.25, -0.2) is 0 Å². The van der Waals surface area contributed by atoms with Crippen molar-refractivity contribution in [3.63, 3.8) is 0 Å². The molecule has 0 saturated carbocycles. The number of carbonyl (C=O) groups is 1. The Morgan fingerprint density at radius 3 is 2.85 bits per heavy atom. The summed E-state index contributed by atoms with van der Waals surface area (Å²) in [5.74, 6) is -0.0456. The molecule has 2 rings (SSSR count). The molecule has 0 saturated heterocycles. The van der Waals surface area contributed by atoms with E-state index in [2.05, 4.69) is 29.3 Å². The zero-order valence-corrected chi connectivity index (χ0v) is 12.9. The molecule has 0 fully saturated rings. The van der Waals surface area contributed by atoms with Crippen LogP contribution in [0.25, 0.3) is 0 Å². The second kappa shape index (κ2) is 6.21. The second-order valence-corrected chi connectivity index (χ2v) is 6.41. The van der Waals surface area contributed by atoms with E-state index in [1.807, 2.05) is 13.8 Å². The fourth-order valence-electron chi connectivity index (χ4n) is 2.18. The van der Waals surface area contributed by atoms with E-state index in [4.69, 9.17) is 5.26 Å². The van der Waals surface area contributed by atoms with Crippen LogP contribution in [-0.2, 0) is 4.79 Å². The van der Waals surface area contributed by atoms with Gasteiger partial charge in [-0.05, 0) is 32.8 Å². The van der Waals surface area contributed by atoms with Crippen molar-refractivity contribution in [3.8, 4) is 6.07 Å². The van der Waals surface area contributed by atoms with Crippen LogP contribution in [0.2, 0.25) is 0 Å². The van der Waals surface area contributed by atoms with Crippen molar-refractivity contribution in [3.05, 3.63) is 27.7 Å². The Hall–Kier alpha value is -1.64. The molecule has 106 valence electrons. The van der Waals surface area contributed by atoms with Crippen LogP contribution < -0.4 is 5.32 Å². The van der Waals surface area contributed by atoms with Gasteiger partial charge in [0.15, 0.2) is 0 Å². The lowest BCUT2D eigenvalue weighted by Gasteiger charge is -2.24. The Balaban J connectivity index is 1.99. The fraction of sp³-hybridized carbons (Fsp3) is 0.467. The largest absolute Gasteiger partial charge is 0.315 e. The highest BCUT2D eigenvalue weighted by molar-refractivity contribution is 7.16. The third-order valence-corrected chi connectivity index (χ3v) is 4.76. The maximum Gasteiger partial charge on any atom is 0.239 e. The summed E-state index contributed by atoms with van der Waals surface area (Å²) >= 11 is 1.47. The quantitative estimate of drug-likeness (QED) is 0.871. The van der Waals surface area contributed by atoms with Crippen LogP contribution >= 0.6 is 11.3 Å². The summed E-state index contributed by atoms with van der Waals surface area (Å²) < 4.78 is 0. The van der Waals surface area contributed by atoms with E-state index in [1.165, 1.54) is 16.9 Å². The number of amides is 1. The van der Waals surface area contributed by atoms with Crippen LogP contribution in [0.1, 0.15) is 29.3 Å². The van der Waals surface area contributed by atoms with Crippen molar-refractivity contribution in [2.24, 2.45) is 0 Å². The average molecular weight is 289 g/mol.